The summed E-state index contributed by atoms with van der Waals surface area (Å²) in [5, 5.41) is 8.87. The molecule has 1 aromatic rings. The van der Waals surface area contributed by atoms with Crippen LogP contribution in [0.2, 0.25) is 0 Å². The highest BCUT2D eigenvalue weighted by Gasteiger charge is 2.21. The van der Waals surface area contributed by atoms with Crippen LogP contribution in [-0.4, -0.2) is 35.8 Å². The number of nitrogens with zero attached hydrogens (tertiary/aromatic N) is 1. The Morgan fingerprint density at radius 1 is 1.32 bits per heavy atom. The molecule has 0 unspecified atom stereocenters. The monoisotopic (exact) mass is 327 g/mol. The molecule has 0 radical (unpaired) electrons. The van der Waals surface area contributed by atoms with E-state index in [-0.39, 0.29) is 0 Å². The maximum absolute atomic E-state index is 10.8. The van der Waals surface area contributed by atoms with Gasteiger partial charge in [0.2, 0.25) is 0 Å². The number of piperidine rings is 1. The molecule has 1 aliphatic heterocycles. The van der Waals surface area contributed by atoms with Gasteiger partial charge >= 0.3 is 6.09 Å². The smallest absolute Gasteiger partial charge is 0.407 e. The Balaban J connectivity index is 1.67. The van der Waals surface area contributed by atoms with Crippen LogP contribution in [0.25, 0.3) is 0 Å². The van der Waals surface area contributed by atoms with Crippen LogP contribution in [0.5, 0.6) is 5.75 Å². The molecule has 1 amide bonds. The van der Waals surface area contributed by atoms with Crippen molar-refractivity contribution >= 4 is 22.0 Å². The van der Waals surface area contributed by atoms with E-state index in [2.05, 4.69) is 15.9 Å². The molecule has 0 bridgehead atoms. The first kappa shape index (κ1) is 14.2. The van der Waals surface area contributed by atoms with Gasteiger partial charge in [0.15, 0.2) is 0 Å². The second-order valence-electron chi connectivity index (χ2n) is 4.80. The van der Waals surface area contributed by atoms with Crippen molar-refractivity contribution in [1.29, 1.82) is 0 Å². The van der Waals surface area contributed by atoms with E-state index < -0.39 is 6.09 Å². The third kappa shape index (κ3) is 4.42. The zero-order chi connectivity index (χ0) is 13.7. The lowest BCUT2D eigenvalue weighted by Crippen LogP contribution is -2.37. The Hall–Kier alpha value is -1.23. The third-order valence-corrected chi connectivity index (χ3v) is 4.02. The standard InChI is InChI=1S/C14H18BrNO3/c15-12-1-3-13(4-2-12)19-10-7-11-5-8-16(9-6-11)14(17)18/h1-4,11H,5-10H2,(H,17,18). The van der Waals surface area contributed by atoms with Gasteiger partial charge < -0.3 is 14.7 Å². The summed E-state index contributed by atoms with van der Waals surface area (Å²) in [6, 6.07) is 7.80. The van der Waals surface area contributed by atoms with Gasteiger partial charge in [-0.15, -0.1) is 0 Å². The van der Waals surface area contributed by atoms with Crippen LogP contribution < -0.4 is 4.74 Å². The molecule has 104 valence electrons. The van der Waals surface area contributed by atoms with Crippen molar-refractivity contribution in [3.8, 4) is 5.75 Å². The largest absolute Gasteiger partial charge is 0.494 e. The number of hydrogen-bond donors (Lipinski definition) is 1. The number of benzene rings is 1. The molecule has 1 saturated heterocycles. The van der Waals surface area contributed by atoms with Crippen LogP contribution in [0, 0.1) is 5.92 Å². The van der Waals surface area contributed by atoms with Crippen LogP contribution in [0.15, 0.2) is 28.7 Å². The molecule has 0 aliphatic carbocycles. The average molecular weight is 328 g/mol. The number of carboxylic acid groups (broad SMARTS) is 1. The van der Waals surface area contributed by atoms with Gasteiger partial charge in [-0.05, 0) is 49.4 Å². The minimum absolute atomic E-state index is 0.575. The molecule has 19 heavy (non-hydrogen) atoms. The maximum atomic E-state index is 10.8. The number of ether oxygens (including phenoxy) is 1. The fourth-order valence-corrected chi connectivity index (χ4v) is 2.55. The van der Waals surface area contributed by atoms with Crippen molar-refractivity contribution < 1.29 is 14.6 Å². The van der Waals surface area contributed by atoms with Crippen LogP contribution in [0.1, 0.15) is 19.3 Å². The summed E-state index contributed by atoms with van der Waals surface area (Å²) < 4.78 is 6.73. The summed E-state index contributed by atoms with van der Waals surface area (Å²) in [5.41, 5.74) is 0. The van der Waals surface area contributed by atoms with Gasteiger partial charge in [0.25, 0.3) is 0 Å². The summed E-state index contributed by atoms with van der Waals surface area (Å²) >= 11 is 3.39. The first-order valence-corrected chi connectivity index (χ1v) is 7.30. The molecule has 5 heteroatoms. The molecule has 4 nitrogen and oxygen atoms in total. The predicted molar refractivity (Wildman–Crippen MR) is 76.6 cm³/mol. The second-order valence-corrected chi connectivity index (χ2v) is 5.72. The molecule has 0 atom stereocenters. The Morgan fingerprint density at radius 3 is 2.53 bits per heavy atom. The number of hydrogen-bond acceptors (Lipinski definition) is 2. The number of likely N-dealkylation sites (tertiary alicyclic amines) is 1. The minimum atomic E-state index is -0.801. The molecule has 1 fully saturated rings. The van der Waals surface area contributed by atoms with E-state index >= 15 is 0 Å². The van der Waals surface area contributed by atoms with Gasteiger partial charge in [-0.3, -0.25) is 0 Å². The van der Waals surface area contributed by atoms with E-state index in [1.54, 1.807) is 0 Å². The van der Waals surface area contributed by atoms with Crippen molar-refractivity contribution in [3.63, 3.8) is 0 Å². The molecule has 1 heterocycles. The molecule has 1 N–H and O–H groups in total. The number of halogens is 1. The fourth-order valence-electron chi connectivity index (χ4n) is 2.29. The summed E-state index contributed by atoms with van der Waals surface area (Å²) in [7, 11) is 0. The number of rotatable bonds is 4. The maximum Gasteiger partial charge on any atom is 0.407 e. The van der Waals surface area contributed by atoms with E-state index in [1.807, 2.05) is 24.3 Å². The van der Waals surface area contributed by atoms with Gasteiger partial charge in [0.1, 0.15) is 5.75 Å². The van der Waals surface area contributed by atoms with Gasteiger partial charge in [0.05, 0.1) is 6.61 Å². The van der Waals surface area contributed by atoms with Crippen LogP contribution >= 0.6 is 15.9 Å². The fraction of sp³-hybridized carbons (Fsp3) is 0.500. The van der Waals surface area contributed by atoms with Gasteiger partial charge in [0, 0.05) is 17.6 Å². The van der Waals surface area contributed by atoms with Crippen LogP contribution in [0.3, 0.4) is 0 Å². The second kappa shape index (κ2) is 6.80. The molecule has 2 rings (SSSR count). The van der Waals surface area contributed by atoms with Crippen molar-refractivity contribution in [1.82, 2.24) is 4.90 Å². The molecule has 0 spiro atoms. The lowest BCUT2D eigenvalue weighted by Gasteiger charge is -2.29. The molecule has 1 aliphatic rings. The van der Waals surface area contributed by atoms with Gasteiger partial charge in [-0.25, -0.2) is 4.79 Å². The zero-order valence-electron chi connectivity index (χ0n) is 10.7. The lowest BCUT2D eigenvalue weighted by atomic mass is 9.94. The minimum Gasteiger partial charge on any atom is -0.494 e. The van der Waals surface area contributed by atoms with Crippen molar-refractivity contribution in [2.24, 2.45) is 5.92 Å². The van der Waals surface area contributed by atoms with Crippen molar-refractivity contribution in [2.45, 2.75) is 19.3 Å². The third-order valence-electron chi connectivity index (χ3n) is 3.49. The van der Waals surface area contributed by atoms with E-state index in [1.165, 1.54) is 4.90 Å². The van der Waals surface area contributed by atoms with Gasteiger partial charge in [-0.1, -0.05) is 15.9 Å². The lowest BCUT2D eigenvalue weighted by molar-refractivity contribution is 0.119. The highest BCUT2D eigenvalue weighted by atomic mass is 79.9. The Kier molecular flexibility index (Phi) is 5.07. The Bertz CT molecular complexity index is 413. The van der Waals surface area contributed by atoms with Crippen molar-refractivity contribution in [3.05, 3.63) is 28.7 Å². The van der Waals surface area contributed by atoms with E-state index in [0.29, 0.717) is 25.6 Å². The zero-order valence-corrected chi connectivity index (χ0v) is 12.3. The molecule has 1 aromatic carbocycles. The average Bonchev–Trinajstić information content (AvgIpc) is 2.41. The first-order valence-electron chi connectivity index (χ1n) is 6.51. The molecular weight excluding hydrogens is 310 g/mol. The molecular formula is C14H18BrNO3. The van der Waals surface area contributed by atoms with E-state index in [9.17, 15) is 4.79 Å². The summed E-state index contributed by atoms with van der Waals surface area (Å²) in [6.45, 7) is 2.00. The highest BCUT2D eigenvalue weighted by molar-refractivity contribution is 9.10. The van der Waals surface area contributed by atoms with E-state index in [0.717, 1.165) is 29.5 Å². The van der Waals surface area contributed by atoms with Crippen LogP contribution in [-0.2, 0) is 0 Å². The number of amides is 1. The SMILES string of the molecule is O=C(O)N1CCC(CCOc2ccc(Br)cc2)CC1. The van der Waals surface area contributed by atoms with Gasteiger partial charge in [-0.2, -0.15) is 0 Å². The summed E-state index contributed by atoms with van der Waals surface area (Å²) in [4.78, 5) is 12.3. The quantitative estimate of drug-likeness (QED) is 0.919. The number of carbonyl (C=O) groups is 1. The highest BCUT2D eigenvalue weighted by Crippen LogP contribution is 2.22. The topological polar surface area (TPSA) is 49.8 Å². The Labute approximate surface area is 121 Å². The molecule has 0 aromatic heterocycles. The predicted octanol–water partition coefficient (Wildman–Crippen LogP) is 3.61. The molecule has 0 saturated carbocycles. The van der Waals surface area contributed by atoms with Crippen molar-refractivity contribution in [2.75, 3.05) is 19.7 Å². The summed E-state index contributed by atoms with van der Waals surface area (Å²) in [5.74, 6) is 1.46. The van der Waals surface area contributed by atoms with E-state index in [4.69, 9.17) is 9.84 Å². The summed E-state index contributed by atoms with van der Waals surface area (Å²) in [6.07, 6.45) is 2.07. The normalized spacial score (nSPS) is 16.4. The Morgan fingerprint density at radius 2 is 1.95 bits per heavy atom. The first-order chi connectivity index (χ1) is 9.15. The van der Waals surface area contributed by atoms with Crippen LogP contribution in [0.4, 0.5) is 4.79 Å².